The van der Waals surface area contributed by atoms with Crippen molar-refractivity contribution in [3.8, 4) is 5.75 Å². The Balaban J connectivity index is 0.00000264. The van der Waals surface area contributed by atoms with Crippen LogP contribution < -0.4 is 10.1 Å². The van der Waals surface area contributed by atoms with Crippen LogP contribution in [0.5, 0.6) is 5.75 Å². The molecule has 1 aliphatic heterocycles. The molecular formula is C17H25ClN2O3. The number of ketones is 1. The minimum atomic E-state index is -0.574. The number of benzene rings is 1. The van der Waals surface area contributed by atoms with E-state index in [9.17, 15) is 9.59 Å². The van der Waals surface area contributed by atoms with Gasteiger partial charge in [-0.1, -0.05) is 12.1 Å². The SMILES string of the molecule is CC(=O)c1cccc(OC(C)C(=O)N2CCNC(C)C2C)c1.Cl. The van der Waals surface area contributed by atoms with E-state index in [1.165, 1.54) is 6.92 Å². The molecule has 5 nitrogen and oxygen atoms in total. The van der Waals surface area contributed by atoms with Gasteiger partial charge in [-0.15, -0.1) is 12.4 Å². The highest BCUT2D eigenvalue weighted by molar-refractivity contribution is 5.94. The lowest BCUT2D eigenvalue weighted by atomic mass is 10.1. The Bertz CT molecular complexity index is 565. The summed E-state index contributed by atoms with van der Waals surface area (Å²) in [6, 6.07) is 7.35. The fourth-order valence-corrected chi connectivity index (χ4v) is 2.64. The lowest BCUT2D eigenvalue weighted by Gasteiger charge is -2.39. The first kappa shape index (κ1) is 19.5. The zero-order valence-corrected chi connectivity index (χ0v) is 14.9. The van der Waals surface area contributed by atoms with Gasteiger partial charge in [-0.2, -0.15) is 0 Å². The third-order valence-electron chi connectivity index (χ3n) is 4.22. The first-order valence-corrected chi connectivity index (χ1v) is 7.71. The second kappa shape index (κ2) is 8.31. The summed E-state index contributed by atoms with van der Waals surface area (Å²) in [6.45, 7) is 8.86. The van der Waals surface area contributed by atoms with Crippen molar-refractivity contribution in [1.29, 1.82) is 0 Å². The van der Waals surface area contributed by atoms with Gasteiger partial charge >= 0.3 is 0 Å². The number of Topliss-reactive ketones (excluding diaryl/α,β-unsaturated/α-hetero) is 1. The Hall–Kier alpha value is -1.59. The second-order valence-corrected chi connectivity index (χ2v) is 5.86. The van der Waals surface area contributed by atoms with Crippen LogP contribution >= 0.6 is 12.4 Å². The van der Waals surface area contributed by atoms with Gasteiger partial charge in [0.2, 0.25) is 0 Å². The van der Waals surface area contributed by atoms with Gasteiger partial charge in [0.25, 0.3) is 5.91 Å². The van der Waals surface area contributed by atoms with E-state index in [0.717, 1.165) is 6.54 Å². The van der Waals surface area contributed by atoms with Crippen molar-refractivity contribution in [2.45, 2.75) is 45.9 Å². The number of hydrogen-bond donors (Lipinski definition) is 1. The number of carbonyl (C=O) groups is 2. The number of rotatable bonds is 4. The Morgan fingerprint density at radius 1 is 1.35 bits per heavy atom. The van der Waals surface area contributed by atoms with Crippen molar-refractivity contribution < 1.29 is 14.3 Å². The van der Waals surface area contributed by atoms with E-state index in [4.69, 9.17) is 4.74 Å². The van der Waals surface area contributed by atoms with Crippen LogP contribution in [0.4, 0.5) is 0 Å². The topological polar surface area (TPSA) is 58.6 Å². The number of hydrogen-bond acceptors (Lipinski definition) is 4. The zero-order chi connectivity index (χ0) is 16.3. The Morgan fingerprint density at radius 2 is 2.04 bits per heavy atom. The molecular weight excluding hydrogens is 316 g/mol. The number of halogens is 1. The summed E-state index contributed by atoms with van der Waals surface area (Å²) in [6.07, 6.45) is -0.574. The molecule has 0 spiro atoms. The van der Waals surface area contributed by atoms with E-state index >= 15 is 0 Å². The molecule has 1 amide bonds. The van der Waals surface area contributed by atoms with Gasteiger partial charge in [0.15, 0.2) is 11.9 Å². The molecule has 1 heterocycles. The van der Waals surface area contributed by atoms with Crippen LogP contribution in [0.3, 0.4) is 0 Å². The molecule has 0 aromatic heterocycles. The van der Waals surface area contributed by atoms with E-state index < -0.39 is 6.10 Å². The van der Waals surface area contributed by atoms with Crippen LogP contribution in [0.2, 0.25) is 0 Å². The van der Waals surface area contributed by atoms with Crippen molar-refractivity contribution >= 4 is 24.1 Å². The first-order chi connectivity index (χ1) is 10.4. The van der Waals surface area contributed by atoms with Crippen LogP contribution in [0.15, 0.2) is 24.3 Å². The van der Waals surface area contributed by atoms with Crippen molar-refractivity contribution in [2.75, 3.05) is 13.1 Å². The first-order valence-electron chi connectivity index (χ1n) is 7.71. The quantitative estimate of drug-likeness (QED) is 0.854. The second-order valence-electron chi connectivity index (χ2n) is 5.86. The van der Waals surface area contributed by atoms with Gasteiger partial charge in [0.1, 0.15) is 5.75 Å². The van der Waals surface area contributed by atoms with Gasteiger partial charge in [0.05, 0.1) is 0 Å². The van der Waals surface area contributed by atoms with E-state index in [1.54, 1.807) is 31.2 Å². The van der Waals surface area contributed by atoms with Crippen LogP contribution in [-0.2, 0) is 4.79 Å². The average Bonchev–Trinajstić information content (AvgIpc) is 2.49. The van der Waals surface area contributed by atoms with E-state index in [-0.39, 0.29) is 36.2 Å². The van der Waals surface area contributed by atoms with Gasteiger partial charge in [0, 0.05) is 30.7 Å². The maximum Gasteiger partial charge on any atom is 0.263 e. The number of amides is 1. The van der Waals surface area contributed by atoms with Crippen LogP contribution in [0, 0.1) is 0 Å². The zero-order valence-electron chi connectivity index (χ0n) is 14.0. The van der Waals surface area contributed by atoms with Crippen LogP contribution in [-0.4, -0.2) is 47.9 Å². The molecule has 0 saturated carbocycles. The van der Waals surface area contributed by atoms with E-state index in [2.05, 4.69) is 12.2 Å². The van der Waals surface area contributed by atoms with Crippen molar-refractivity contribution in [1.82, 2.24) is 10.2 Å². The number of nitrogens with one attached hydrogen (secondary N) is 1. The Morgan fingerprint density at radius 3 is 2.70 bits per heavy atom. The molecule has 2 rings (SSSR count). The summed E-state index contributed by atoms with van der Waals surface area (Å²) in [7, 11) is 0. The molecule has 1 aromatic rings. The van der Waals surface area contributed by atoms with Gasteiger partial charge in [-0.25, -0.2) is 0 Å². The summed E-state index contributed by atoms with van der Waals surface area (Å²) in [5, 5.41) is 3.35. The summed E-state index contributed by atoms with van der Waals surface area (Å²) >= 11 is 0. The standard InChI is InChI=1S/C17H24N2O3.ClH/c1-11-12(2)19(9-8-18-11)17(21)14(4)22-16-7-5-6-15(10-16)13(3)20;/h5-7,10-12,14,18H,8-9H2,1-4H3;1H. The molecule has 0 aliphatic carbocycles. The predicted octanol–water partition coefficient (Wildman–Crippen LogP) is 2.29. The number of ether oxygens (including phenoxy) is 1. The fourth-order valence-electron chi connectivity index (χ4n) is 2.64. The molecule has 1 aromatic carbocycles. The average molecular weight is 341 g/mol. The van der Waals surface area contributed by atoms with Crippen molar-refractivity contribution in [2.24, 2.45) is 0 Å². The predicted molar refractivity (Wildman–Crippen MR) is 92.4 cm³/mol. The van der Waals surface area contributed by atoms with Crippen molar-refractivity contribution in [3.63, 3.8) is 0 Å². The van der Waals surface area contributed by atoms with Crippen LogP contribution in [0.1, 0.15) is 38.1 Å². The third-order valence-corrected chi connectivity index (χ3v) is 4.22. The minimum absolute atomic E-state index is 0. The highest BCUT2D eigenvalue weighted by Crippen LogP contribution is 2.18. The molecule has 128 valence electrons. The summed E-state index contributed by atoms with van der Waals surface area (Å²) < 4.78 is 5.74. The smallest absolute Gasteiger partial charge is 0.263 e. The lowest BCUT2D eigenvalue weighted by Crippen LogP contribution is -2.59. The lowest BCUT2D eigenvalue weighted by molar-refractivity contribution is -0.141. The molecule has 1 fully saturated rings. The largest absolute Gasteiger partial charge is 0.481 e. The Kier molecular flexibility index (Phi) is 7.03. The molecule has 1 aliphatic rings. The summed E-state index contributed by atoms with van der Waals surface area (Å²) in [5.74, 6) is 0.507. The molecule has 23 heavy (non-hydrogen) atoms. The normalized spacial score (nSPS) is 22.0. The van der Waals surface area contributed by atoms with Crippen LogP contribution in [0.25, 0.3) is 0 Å². The fraction of sp³-hybridized carbons (Fsp3) is 0.529. The van der Waals surface area contributed by atoms with E-state index in [1.807, 2.05) is 11.8 Å². The monoisotopic (exact) mass is 340 g/mol. The van der Waals surface area contributed by atoms with E-state index in [0.29, 0.717) is 17.9 Å². The molecule has 0 radical (unpaired) electrons. The summed E-state index contributed by atoms with van der Waals surface area (Å²) in [4.78, 5) is 25.9. The number of carbonyl (C=O) groups excluding carboxylic acids is 2. The summed E-state index contributed by atoms with van der Waals surface area (Å²) in [5.41, 5.74) is 0.585. The van der Waals surface area contributed by atoms with Gasteiger partial charge in [-0.3, -0.25) is 9.59 Å². The molecule has 1 saturated heterocycles. The number of piperazine rings is 1. The maximum atomic E-state index is 12.6. The Labute approximate surface area is 143 Å². The highest BCUT2D eigenvalue weighted by atomic mass is 35.5. The molecule has 6 heteroatoms. The number of nitrogens with zero attached hydrogens (tertiary/aromatic N) is 1. The molecule has 1 N–H and O–H groups in total. The maximum absolute atomic E-state index is 12.6. The highest BCUT2D eigenvalue weighted by Gasteiger charge is 2.31. The van der Waals surface area contributed by atoms with Crippen molar-refractivity contribution in [3.05, 3.63) is 29.8 Å². The molecule has 0 bridgehead atoms. The van der Waals surface area contributed by atoms with Gasteiger partial charge in [-0.05, 0) is 39.8 Å². The molecule has 3 unspecified atom stereocenters. The van der Waals surface area contributed by atoms with Gasteiger partial charge < -0.3 is 15.0 Å². The third kappa shape index (κ3) is 4.69. The molecule has 3 atom stereocenters. The minimum Gasteiger partial charge on any atom is -0.481 e.